The van der Waals surface area contributed by atoms with Gasteiger partial charge in [-0.05, 0) is 105 Å². The average molecular weight is 477 g/mol. The molecule has 2 aliphatic carbocycles. The Balaban J connectivity index is 1.14. The van der Waals surface area contributed by atoms with E-state index in [2.05, 4.69) is 72.2 Å². The normalized spacial score (nSPS) is 19.0. The molecule has 2 fully saturated rings. The quantitative estimate of drug-likeness (QED) is 0.313. The summed E-state index contributed by atoms with van der Waals surface area (Å²) in [6.45, 7) is 8.54. The molecule has 3 aliphatic rings. The number of piperidine rings is 1. The Hall–Kier alpha value is -3.47. The number of rotatable bonds is 4. The lowest BCUT2D eigenvalue weighted by molar-refractivity contribution is 0.277. The summed E-state index contributed by atoms with van der Waals surface area (Å²) in [6.07, 6.45) is 12.3. The highest BCUT2D eigenvalue weighted by molar-refractivity contribution is 5.86. The maximum Gasteiger partial charge on any atom is 0.147 e. The van der Waals surface area contributed by atoms with Gasteiger partial charge in [0, 0.05) is 59.3 Å². The first-order chi connectivity index (χ1) is 17.5. The second kappa shape index (κ2) is 8.02. The van der Waals surface area contributed by atoms with Crippen molar-refractivity contribution in [2.75, 3.05) is 18.0 Å². The van der Waals surface area contributed by atoms with E-state index in [1.165, 1.54) is 53.5 Å². The molecule has 1 spiro atoms. The topological polar surface area (TPSA) is 55.1 Å². The van der Waals surface area contributed by atoms with E-state index in [-0.39, 0.29) is 0 Å². The van der Waals surface area contributed by atoms with Crippen LogP contribution in [0.1, 0.15) is 66.2 Å². The van der Waals surface area contributed by atoms with Crippen molar-refractivity contribution in [1.29, 1.82) is 0 Å². The first-order valence-corrected chi connectivity index (χ1v) is 13.3. The van der Waals surface area contributed by atoms with Crippen LogP contribution in [0.5, 0.6) is 0 Å². The fourth-order valence-electron chi connectivity index (χ4n) is 6.32. The molecule has 7 rings (SSSR count). The summed E-state index contributed by atoms with van der Waals surface area (Å²) < 4.78 is 5.96. The second-order valence-electron chi connectivity index (χ2n) is 11.2. The van der Waals surface area contributed by atoms with Crippen molar-refractivity contribution >= 4 is 22.2 Å². The Morgan fingerprint density at radius 1 is 1.00 bits per heavy atom. The number of pyridine rings is 2. The van der Waals surface area contributed by atoms with Crippen LogP contribution in [0.4, 0.5) is 5.69 Å². The lowest BCUT2D eigenvalue weighted by Gasteiger charge is -2.47. The molecule has 5 nitrogen and oxygen atoms in total. The van der Waals surface area contributed by atoms with Crippen LogP contribution in [0.25, 0.3) is 27.7 Å². The van der Waals surface area contributed by atoms with Gasteiger partial charge in [-0.1, -0.05) is 11.2 Å². The van der Waals surface area contributed by atoms with Gasteiger partial charge in [-0.3, -0.25) is 9.97 Å². The molecule has 1 saturated heterocycles. The minimum atomic E-state index is 0.305. The third kappa shape index (κ3) is 3.56. The number of nitrogens with zero attached hydrogens (tertiary/aromatic N) is 4. The predicted molar refractivity (Wildman–Crippen MR) is 144 cm³/mol. The van der Waals surface area contributed by atoms with Crippen molar-refractivity contribution < 1.29 is 4.52 Å². The molecular formula is C31H32N4O. The molecule has 0 amide bonds. The van der Waals surface area contributed by atoms with E-state index in [0.29, 0.717) is 11.3 Å². The molecule has 0 unspecified atom stereocenters. The zero-order chi connectivity index (χ0) is 24.4. The molecule has 0 radical (unpaired) electrons. The van der Waals surface area contributed by atoms with Crippen LogP contribution in [0, 0.1) is 26.2 Å². The summed E-state index contributed by atoms with van der Waals surface area (Å²) >= 11 is 0. The number of allylic oxidation sites excluding steroid dienone is 2. The van der Waals surface area contributed by atoms with Crippen LogP contribution in [0.15, 0.2) is 53.3 Å². The van der Waals surface area contributed by atoms with E-state index in [9.17, 15) is 0 Å². The molecule has 182 valence electrons. The first-order valence-electron chi connectivity index (χ1n) is 13.3. The van der Waals surface area contributed by atoms with Crippen molar-refractivity contribution in [3.05, 3.63) is 76.9 Å². The monoisotopic (exact) mass is 476 g/mol. The van der Waals surface area contributed by atoms with Crippen LogP contribution in [-0.4, -0.2) is 28.2 Å². The van der Waals surface area contributed by atoms with Crippen molar-refractivity contribution in [2.24, 2.45) is 5.41 Å². The molecule has 0 atom stereocenters. The van der Waals surface area contributed by atoms with Crippen LogP contribution in [0.3, 0.4) is 0 Å². The lowest BCUT2D eigenvalue weighted by Crippen LogP contribution is -2.42. The summed E-state index contributed by atoms with van der Waals surface area (Å²) in [5, 5.41) is 5.84. The third-order valence-corrected chi connectivity index (χ3v) is 8.54. The maximum absolute atomic E-state index is 5.96. The largest absolute Gasteiger partial charge is 0.371 e. The summed E-state index contributed by atoms with van der Waals surface area (Å²) in [4.78, 5) is 11.5. The first kappa shape index (κ1) is 21.8. The molecule has 1 saturated carbocycles. The molecule has 4 heterocycles. The fraction of sp³-hybridized carbons (Fsp3) is 0.387. The minimum Gasteiger partial charge on any atom is -0.371 e. The van der Waals surface area contributed by atoms with Crippen molar-refractivity contribution in [3.63, 3.8) is 0 Å². The molecule has 36 heavy (non-hydrogen) atoms. The summed E-state index contributed by atoms with van der Waals surface area (Å²) in [7, 11) is 0. The molecular weight excluding hydrogens is 444 g/mol. The SMILES string of the molecule is Cc1cc(C)c2cc(N3CCC4(C=C(c5c(-c6ccncc6C)noc5C5CC5)C4)CC3)ccc2n1. The highest BCUT2D eigenvalue weighted by atomic mass is 16.5. The molecule has 5 heteroatoms. The maximum atomic E-state index is 5.96. The van der Waals surface area contributed by atoms with Gasteiger partial charge < -0.3 is 9.42 Å². The van der Waals surface area contributed by atoms with E-state index in [1.807, 2.05) is 12.4 Å². The van der Waals surface area contributed by atoms with Crippen molar-refractivity contribution in [3.8, 4) is 11.3 Å². The van der Waals surface area contributed by atoms with Gasteiger partial charge in [0.1, 0.15) is 11.5 Å². The Kier molecular flexibility index (Phi) is 4.85. The number of anilines is 1. The fourth-order valence-corrected chi connectivity index (χ4v) is 6.32. The van der Waals surface area contributed by atoms with E-state index in [0.717, 1.165) is 53.3 Å². The molecule has 3 aromatic heterocycles. The molecule has 0 bridgehead atoms. The highest BCUT2D eigenvalue weighted by Crippen LogP contribution is 2.55. The molecule has 0 N–H and O–H groups in total. The van der Waals surface area contributed by atoms with Crippen LogP contribution in [0.2, 0.25) is 0 Å². The zero-order valence-electron chi connectivity index (χ0n) is 21.3. The summed E-state index contributed by atoms with van der Waals surface area (Å²) in [5.41, 5.74) is 11.1. The predicted octanol–water partition coefficient (Wildman–Crippen LogP) is 7.16. The van der Waals surface area contributed by atoms with E-state index in [1.54, 1.807) is 0 Å². The van der Waals surface area contributed by atoms with E-state index < -0.39 is 0 Å². The number of hydrogen-bond acceptors (Lipinski definition) is 5. The summed E-state index contributed by atoms with van der Waals surface area (Å²) in [6, 6.07) is 11.0. The summed E-state index contributed by atoms with van der Waals surface area (Å²) in [5.74, 6) is 1.65. The Morgan fingerprint density at radius 2 is 1.81 bits per heavy atom. The van der Waals surface area contributed by atoms with Crippen molar-refractivity contribution in [1.82, 2.24) is 15.1 Å². The van der Waals surface area contributed by atoms with Crippen LogP contribution in [-0.2, 0) is 0 Å². The Bertz CT molecular complexity index is 1520. The lowest BCUT2D eigenvalue weighted by atomic mass is 9.63. The Morgan fingerprint density at radius 3 is 2.56 bits per heavy atom. The number of hydrogen-bond donors (Lipinski definition) is 0. The standard InChI is InChI=1S/C31H32N4O/c1-19-14-21(3)33-27-7-6-24(15-26(19)27)35-12-9-31(10-13-35)16-23(17-31)28-29(25-8-11-32-18-20(25)2)34-36-30(28)22-4-5-22/h6-8,11,14-16,18,22H,4-5,9-10,12-13,17H2,1-3H3. The number of benzene rings is 1. The number of aryl methyl sites for hydroxylation is 3. The van der Waals surface area contributed by atoms with Gasteiger partial charge in [0.25, 0.3) is 0 Å². The molecule has 1 aliphatic heterocycles. The zero-order valence-corrected chi connectivity index (χ0v) is 21.3. The number of fused-ring (bicyclic) bond motifs is 1. The van der Waals surface area contributed by atoms with Gasteiger partial charge in [-0.25, -0.2) is 0 Å². The van der Waals surface area contributed by atoms with Gasteiger partial charge >= 0.3 is 0 Å². The van der Waals surface area contributed by atoms with Gasteiger partial charge in [-0.15, -0.1) is 0 Å². The van der Waals surface area contributed by atoms with E-state index in [4.69, 9.17) is 9.51 Å². The third-order valence-electron chi connectivity index (χ3n) is 8.54. The average Bonchev–Trinajstić information content (AvgIpc) is 3.61. The van der Waals surface area contributed by atoms with E-state index >= 15 is 0 Å². The minimum absolute atomic E-state index is 0.305. The molecule has 4 aromatic rings. The second-order valence-corrected chi connectivity index (χ2v) is 11.2. The van der Waals surface area contributed by atoms with Gasteiger partial charge in [-0.2, -0.15) is 0 Å². The Labute approximate surface area is 212 Å². The highest BCUT2D eigenvalue weighted by Gasteiger charge is 2.43. The van der Waals surface area contributed by atoms with Crippen molar-refractivity contribution in [2.45, 2.75) is 58.8 Å². The van der Waals surface area contributed by atoms with Gasteiger partial charge in [0.15, 0.2) is 0 Å². The smallest absolute Gasteiger partial charge is 0.147 e. The van der Waals surface area contributed by atoms with Crippen LogP contribution < -0.4 is 4.90 Å². The van der Waals surface area contributed by atoms with Crippen LogP contribution >= 0.6 is 0 Å². The van der Waals surface area contributed by atoms with Gasteiger partial charge in [0.2, 0.25) is 0 Å². The van der Waals surface area contributed by atoms with Gasteiger partial charge in [0.05, 0.1) is 5.52 Å². The molecule has 1 aromatic carbocycles. The number of aromatic nitrogens is 3.